The number of rotatable bonds is 8. The van der Waals surface area contributed by atoms with E-state index < -0.39 is 29.4 Å². The van der Waals surface area contributed by atoms with Crippen molar-refractivity contribution in [1.82, 2.24) is 25.1 Å². The molecule has 2 N–H and O–H groups in total. The van der Waals surface area contributed by atoms with Gasteiger partial charge in [-0.15, -0.1) is 0 Å². The molecule has 0 saturated carbocycles. The van der Waals surface area contributed by atoms with Crippen molar-refractivity contribution >= 4 is 34.0 Å². The van der Waals surface area contributed by atoms with E-state index in [-0.39, 0.29) is 6.61 Å². The molecule has 1 amide bonds. The second-order valence-corrected chi connectivity index (χ2v) is 13.2. The SMILES string of the molecule is COc1ccc2[nH]cc(C[C@H](COc3cncc(-c4ccc5c(c4)c(C)nn5C(=O)OC(C)(C)C)c3)NC(=O)OC(C)(C)C)c2c1. The van der Waals surface area contributed by atoms with Crippen molar-refractivity contribution in [3.63, 3.8) is 0 Å². The van der Waals surface area contributed by atoms with Crippen molar-refractivity contribution < 1.29 is 28.5 Å². The largest absolute Gasteiger partial charge is 0.497 e. The van der Waals surface area contributed by atoms with Gasteiger partial charge in [-0.05, 0) is 102 Å². The summed E-state index contributed by atoms with van der Waals surface area (Å²) in [7, 11) is 1.63. The first kappa shape index (κ1) is 32.3. The Labute approximate surface area is 268 Å². The van der Waals surface area contributed by atoms with Gasteiger partial charge in [0, 0.05) is 34.2 Å². The van der Waals surface area contributed by atoms with E-state index in [4.69, 9.17) is 18.9 Å². The van der Waals surface area contributed by atoms with Gasteiger partial charge >= 0.3 is 12.2 Å². The number of fused-ring (bicyclic) bond motifs is 2. The summed E-state index contributed by atoms with van der Waals surface area (Å²) in [4.78, 5) is 33.2. The number of nitrogens with one attached hydrogen (secondary N) is 2. The summed E-state index contributed by atoms with van der Waals surface area (Å²) in [5.41, 5.74) is 3.74. The Morgan fingerprint density at radius 3 is 2.39 bits per heavy atom. The van der Waals surface area contributed by atoms with Crippen LogP contribution in [-0.2, 0) is 15.9 Å². The molecule has 5 rings (SSSR count). The summed E-state index contributed by atoms with van der Waals surface area (Å²) in [6, 6.07) is 13.0. The molecule has 0 saturated heterocycles. The second kappa shape index (κ2) is 12.7. The van der Waals surface area contributed by atoms with E-state index in [0.29, 0.717) is 23.4 Å². The van der Waals surface area contributed by atoms with Gasteiger partial charge in [0.15, 0.2) is 0 Å². The molecule has 5 aromatic rings. The van der Waals surface area contributed by atoms with Crippen molar-refractivity contribution in [2.24, 2.45) is 0 Å². The highest BCUT2D eigenvalue weighted by Crippen LogP contribution is 2.29. The predicted molar refractivity (Wildman–Crippen MR) is 177 cm³/mol. The minimum absolute atomic E-state index is 0.168. The van der Waals surface area contributed by atoms with Crippen molar-refractivity contribution in [1.29, 1.82) is 0 Å². The van der Waals surface area contributed by atoms with Crippen molar-refractivity contribution in [2.75, 3.05) is 13.7 Å². The Bertz CT molecular complexity index is 1880. The molecule has 46 heavy (non-hydrogen) atoms. The standard InChI is InChI=1S/C35H41N5O6/c1-21-28-15-22(9-12-31(28)40(39-21)33(42)46-35(5,6)7)23-14-27(19-36-17-23)44-20-25(38-32(41)45-34(2,3)4)13-24-18-37-30-11-10-26(43-8)16-29(24)30/h9-12,14-19,25,37H,13,20H2,1-8H3,(H,38,41)/t25-/m1/s1. The maximum atomic E-state index is 12.8. The molecule has 0 spiro atoms. The Kier molecular flexibility index (Phi) is 8.96. The van der Waals surface area contributed by atoms with Gasteiger partial charge in [-0.3, -0.25) is 4.98 Å². The van der Waals surface area contributed by atoms with Crippen LogP contribution in [-0.4, -0.2) is 62.9 Å². The van der Waals surface area contributed by atoms with E-state index in [0.717, 1.165) is 38.7 Å². The van der Waals surface area contributed by atoms with Crippen LogP contribution in [0.4, 0.5) is 9.59 Å². The molecule has 0 aliphatic rings. The van der Waals surface area contributed by atoms with Crippen LogP contribution in [0.1, 0.15) is 52.8 Å². The van der Waals surface area contributed by atoms with Crippen LogP contribution in [0.2, 0.25) is 0 Å². The lowest BCUT2D eigenvalue weighted by atomic mass is 10.0. The number of hydrogen-bond acceptors (Lipinski definition) is 8. The highest BCUT2D eigenvalue weighted by Gasteiger charge is 2.23. The van der Waals surface area contributed by atoms with E-state index in [9.17, 15) is 9.59 Å². The molecule has 3 heterocycles. The first-order valence-electron chi connectivity index (χ1n) is 15.1. The quantitative estimate of drug-likeness (QED) is 0.185. The average Bonchev–Trinajstić information content (AvgIpc) is 3.53. The molecule has 11 nitrogen and oxygen atoms in total. The highest BCUT2D eigenvalue weighted by atomic mass is 16.6. The molecule has 0 bridgehead atoms. The molecule has 3 aromatic heterocycles. The number of carbonyl (C=O) groups excluding carboxylic acids is 2. The van der Waals surface area contributed by atoms with Gasteiger partial charge in [-0.1, -0.05) is 6.07 Å². The fraction of sp³-hybridized carbons (Fsp3) is 0.371. The molecular formula is C35H41N5O6. The van der Waals surface area contributed by atoms with E-state index in [1.165, 1.54) is 4.68 Å². The zero-order valence-electron chi connectivity index (χ0n) is 27.6. The maximum Gasteiger partial charge on any atom is 0.435 e. The van der Waals surface area contributed by atoms with Crippen LogP contribution >= 0.6 is 0 Å². The zero-order chi connectivity index (χ0) is 33.2. The van der Waals surface area contributed by atoms with Crippen LogP contribution < -0.4 is 14.8 Å². The molecule has 11 heteroatoms. The van der Waals surface area contributed by atoms with Gasteiger partial charge in [-0.25, -0.2) is 9.59 Å². The number of aromatic nitrogens is 4. The summed E-state index contributed by atoms with van der Waals surface area (Å²) in [6.45, 7) is 12.9. The number of amides is 1. The van der Waals surface area contributed by atoms with Crippen LogP contribution in [0.15, 0.2) is 61.1 Å². The van der Waals surface area contributed by atoms with E-state index >= 15 is 0 Å². The summed E-state index contributed by atoms with van der Waals surface area (Å²) >= 11 is 0. The van der Waals surface area contributed by atoms with E-state index in [2.05, 4.69) is 20.4 Å². The summed E-state index contributed by atoms with van der Waals surface area (Å²) < 4.78 is 24.0. The Hall–Kier alpha value is -5.06. The lowest BCUT2D eigenvalue weighted by molar-refractivity contribution is 0.0484. The topological polar surface area (TPSA) is 130 Å². The number of methoxy groups -OCH3 is 1. The van der Waals surface area contributed by atoms with Gasteiger partial charge in [0.25, 0.3) is 0 Å². The maximum absolute atomic E-state index is 12.8. The number of ether oxygens (including phenoxy) is 4. The van der Waals surface area contributed by atoms with Gasteiger partial charge in [0.05, 0.1) is 30.6 Å². The molecule has 2 aromatic carbocycles. The molecule has 1 atom stereocenters. The van der Waals surface area contributed by atoms with Gasteiger partial charge in [0.2, 0.25) is 0 Å². The van der Waals surface area contributed by atoms with Crippen LogP contribution in [0.5, 0.6) is 11.5 Å². The number of nitrogens with zero attached hydrogens (tertiary/aromatic N) is 3. The lowest BCUT2D eigenvalue weighted by Crippen LogP contribution is -2.43. The number of aryl methyl sites for hydroxylation is 1. The molecule has 0 unspecified atom stereocenters. The predicted octanol–water partition coefficient (Wildman–Crippen LogP) is 7.19. The summed E-state index contributed by atoms with van der Waals surface area (Å²) in [5.74, 6) is 1.28. The highest BCUT2D eigenvalue weighted by molar-refractivity contribution is 5.92. The van der Waals surface area contributed by atoms with Crippen LogP contribution in [0.3, 0.4) is 0 Å². The third-order valence-electron chi connectivity index (χ3n) is 7.09. The van der Waals surface area contributed by atoms with Crippen LogP contribution in [0.25, 0.3) is 32.9 Å². The monoisotopic (exact) mass is 627 g/mol. The zero-order valence-corrected chi connectivity index (χ0v) is 27.6. The number of H-pyrrole nitrogens is 1. The minimum Gasteiger partial charge on any atom is -0.497 e. The summed E-state index contributed by atoms with van der Waals surface area (Å²) in [5, 5.41) is 9.23. The molecular weight excluding hydrogens is 586 g/mol. The van der Waals surface area contributed by atoms with Gasteiger partial charge in [-0.2, -0.15) is 9.78 Å². The Balaban J connectivity index is 1.36. The van der Waals surface area contributed by atoms with E-state index in [1.807, 2.05) is 97.1 Å². The van der Waals surface area contributed by atoms with Crippen LogP contribution in [0, 0.1) is 6.92 Å². The number of hydrogen-bond donors (Lipinski definition) is 2. The van der Waals surface area contributed by atoms with E-state index in [1.54, 1.807) is 19.5 Å². The molecule has 0 fully saturated rings. The second-order valence-electron chi connectivity index (χ2n) is 13.2. The number of benzene rings is 2. The third kappa shape index (κ3) is 7.77. The first-order chi connectivity index (χ1) is 21.7. The number of aromatic amines is 1. The molecule has 0 aliphatic carbocycles. The normalized spacial score (nSPS) is 12.6. The molecule has 0 aliphatic heterocycles. The third-order valence-corrected chi connectivity index (χ3v) is 7.09. The molecule has 242 valence electrons. The molecule has 0 radical (unpaired) electrons. The lowest BCUT2D eigenvalue weighted by Gasteiger charge is -2.24. The van der Waals surface area contributed by atoms with Gasteiger partial charge in [0.1, 0.15) is 29.3 Å². The Morgan fingerprint density at radius 1 is 0.913 bits per heavy atom. The fourth-order valence-corrected chi connectivity index (χ4v) is 5.09. The fourth-order valence-electron chi connectivity index (χ4n) is 5.09. The number of alkyl carbamates (subject to hydrolysis) is 1. The number of pyridine rings is 1. The average molecular weight is 628 g/mol. The Morgan fingerprint density at radius 2 is 1.67 bits per heavy atom. The summed E-state index contributed by atoms with van der Waals surface area (Å²) in [6.07, 6.45) is 4.74. The van der Waals surface area contributed by atoms with Gasteiger partial charge < -0.3 is 29.2 Å². The first-order valence-corrected chi connectivity index (χ1v) is 15.1. The van der Waals surface area contributed by atoms with Crippen molar-refractivity contribution in [3.8, 4) is 22.6 Å². The van der Waals surface area contributed by atoms with Crippen molar-refractivity contribution in [2.45, 2.75) is 72.1 Å². The smallest absolute Gasteiger partial charge is 0.435 e. The minimum atomic E-state index is -0.648. The number of carbonyl (C=O) groups is 2. The van der Waals surface area contributed by atoms with Crippen molar-refractivity contribution in [3.05, 3.63) is 72.3 Å².